The Kier molecular flexibility index (Phi) is 18.2. The topological polar surface area (TPSA) is 52.6 Å². The van der Waals surface area contributed by atoms with Crippen molar-refractivity contribution in [1.82, 2.24) is 0 Å². The van der Waals surface area contributed by atoms with Gasteiger partial charge in [0.25, 0.3) is 0 Å². The highest BCUT2D eigenvalue weighted by molar-refractivity contribution is 5.69. The molecule has 0 unspecified atom stereocenters. The quantitative estimate of drug-likeness (QED) is 0.306. The van der Waals surface area contributed by atoms with E-state index in [2.05, 4.69) is 24.3 Å². The van der Waals surface area contributed by atoms with Crippen LogP contribution in [0.2, 0.25) is 0 Å². The molecule has 4 heteroatoms. The first-order valence-electron chi connectivity index (χ1n) is 12.4. The summed E-state index contributed by atoms with van der Waals surface area (Å²) in [5.74, 6) is -0.0975. The predicted molar refractivity (Wildman–Crippen MR) is 123 cm³/mol. The van der Waals surface area contributed by atoms with Gasteiger partial charge in [0.2, 0.25) is 0 Å². The van der Waals surface area contributed by atoms with E-state index in [9.17, 15) is 9.59 Å². The third-order valence-electron chi connectivity index (χ3n) is 5.43. The van der Waals surface area contributed by atoms with E-state index < -0.39 is 0 Å². The Labute approximate surface area is 184 Å². The SMILES string of the molecule is O=C1CCCCCCCCC=CCCOC(=O)CCCCCCCCC=CCCO1. The van der Waals surface area contributed by atoms with Gasteiger partial charge < -0.3 is 9.47 Å². The maximum absolute atomic E-state index is 11.7. The van der Waals surface area contributed by atoms with Gasteiger partial charge in [0.1, 0.15) is 0 Å². The zero-order valence-corrected chi connectivity index (χ0v) is 19.1. The fourth-order valence-electron chi connectivity index (χ4n) is 3.57. The maximum atomic E-state index is 11.7. The van der Waals surface area contributed by atoms with Gasteiger partial charge in [-0.1, -0.05) is 75.7 Å². The number of esters is 2. The highest BCUT2D eigenvalue weighted by Crippen LogP contribution is 2.11. The minimum atomic E-state index is -0.0487. The summed E-state index contributed by atoms with van der Waals surface area (Å²) in [7, 11) is 0. The van der Waals surface area contributed by atoms with Gasteiger partial charge in [0, 0.05) is 12.8 Å². The lowest BCUT2D eigenvalue weighted by Gasteiger charge is -2.04. The van der Waals surface area contributed by atoms with Gasteiger partial charge in [0.05, 0.1) is 13.2 Å². The molecule has 0 aromatic carbocycles. The Morgan fingerprint density at radius 3 is 1.20 bits per heavy atom. The van der Waals surface area contributed by atoms with Crippen molar-refractivity contribution in [2.45, 2.75) is 116 Å². The van der Waals surface area contributed by atoms with Crippen LogP contribution < -0.4 is 0 Å². The molecule has 0 amide bonds. The molecule has 1 rings (SSSR count). The summed E-state index contributed by atoms with van der Waals surface area (Å²) in [6.45, 7) is 1.01. The second-order valence-corrected chi connectivity index (χ2v) is 8.28. The van der Waals surface area contributed by atoms with Gasteiger partial charge in [-0.15, -0.1) is 0 Å². The highest BCUT2D eigenvalue weighted by atomic mass is 16.5. The summed E-state index contributed by atoms with van der Waals surface area (Å²) in [5.41, 5.74) is 0. The normalized spacial score (nSPS) is 21.7. The third kappa shape index (κ3) is 18.4. The van der Waals surface area contributed by atoms with Gasteiger partial charge in [-0.2, -0.15) is 0 Å². The van der Waals surface area contributed by atoms with Crippen LogP contribution in [-0.2, 0) is 19.1 Å². The van der Waals surface area contributed by atoms with Crippen LogP contribution in [0.5, 0.6) is 0 Å². The predicted octanol–water partition coefficient (Wildman–Crippen LogP) is 7.22. The van der Waals surface area contributed by atoms with Crippen LogP contribution in [0.25, 0.3) is 0 Å². The molecule has 0 aromatic rings. The number of carbonyl (C=O) groups is 2. The Bertz CT molecular complexity index is 437. The first-order valence-corrected chi connectivity index (χ1v) is 12.4. The number of allylic oxidation sites excluding steroid dienone is 2. The molecule has 0 N–H and O–H groups in total. The molecule has 0 spiro atoms. The molecule has 1 aliphatic heterocycles. The number of ether oxygens (including phenoxy) is 2. The molecule has 0 aliphatic carbocycles. The van der Waals surface area contributed by atoms with E-state index in [1.165, 1.54) is 51.4 Å². The fourth-order valence-corrected chi connectivity index (χ4v) is 3.57. The van der Waals surface area contributed by atoms with Crippen LogP contribution >= 0.6 is 0 Å². The Hall–Kier alpha value is -1.58. The van der Waals surface area contributed by atoms with Crippen molar-refractivity contribution in [3.8, 4) is 0 Å². The number of carbonyl (C=O) groups excluding carboxylic acids is 2. The van der Waals surface area contributed by atoms with Crippen molar-refractivity contribution >= 4 is 11.9 Å². The highest BCUT2D eigenvalue weighted by Gasteiger charge is 2.03. The molecule has 0 atom stereocenters. The maximum Gasteiger partial charge on any atom is 0.305 e. The second-order valence-electron chi connectivity index (χ2n) is 8.28. The molecule has 0 fully saturated rings. The number of rotatable bonds is 0. The van der Waals surface area contributed by atoms with E-state index in [1.807, 2.05) is 0 Å². The van der Waals surface area contributed by atoms with Gasteiger partial charge in [-0.25, -0.2) is 0 Å². The van der Waals surface area contributed by atoms with E-state index in [-0.39, 0.29) is 11.9 Å². The molecule has 4 nitrogen and oxygen atoms in total. The zero-order chi connectivity index (χ0) is 21.5. The van der Waals surface area contributed by atoms with Crippen LogP contribution in [0.4, 0.5) is 0 Å². The Balaban J connectivity index is 2.21. The van der Waals surface area contributed by atoms with Crippen LogP contribution in [0.1, 0.15) is 116 Å². The summed E-state index contributed by atoms with van der Waals surface area (Å²) < 4.78 is 10.6. The molecule has 172 valence electrons. The second kappa shape index (κ2) is 20.7. The molecule has 0 aromatic heterocycles. The third-order valence-corrected chi connectivity index (χ3v) is 5.43. The smallest absolute Gasteiger partial charge is 0.305 e. The van der Waals surface area contributed by atoms with Crippen molar-refractivity contribution in [3.63, 3.8) is 0 Å². The molecule has 0 radical (unpaired) electrons. The molecule has 1 heterocycles. The fraction of sp³-hybridized carbons (Fsp3) is 0.769. The first-order chi connectivity index (χ1) is 14.8. The van der Waals surface area contributed by atoms with Crippen LogP contribution in [0.15, 0.2) is 24.3 Å². The van der Waals surface area contributed by atoms with Crippen molar-refractivity contribution in [2.24, 2.45) is 0 Å². The minimum absolute atomic E-state index is 0.0487. The zero-order valence-electron chi connectivity index (χ0n) is 19.1. The van der Waals surface area contributed by atoms with Crippen molar-refractivity contribution < 1.29 is 19.1 Å². The van der Waals surface area contributed by atoms with E-state index in [0.29, 0.717) is 26.1 Å². The number of hydrogen-bond acceptors (Lipinski definition) is 4. The average molecular weight is 421 g/mol. The standard InChI is InChI=1S/C26H44O4/c27-25-21-17-13-9-5-1-3-7-11-15-19-23-29-26(28)22-18-14-10-6-2-4-8-12-16-20-24-30-25/h11-12,15-16H,1-10,13-14,17-24H2. The van der Waals surface area contributed by atoms with Gasteiger partial charge >= 0.3 is 11.9 Å². The summed E-state index contributed by atoms with van der Waals surface area (Å²) in [4.78, 5) is 23.5. The summed E-state index contributed by atoms with van der Waals surface area (Å²) >= 11 is 0. The minimum Gasteiger partial charge on any atom is -0.465 e. The number of hydrogen-bond donors (Lipinski definition) is 0. The monoisotopic (exact) mass is 420 g/mol. The average Bonchev–Trinajstić information content (AvgIpc) is 2.74. The lowest BCUT2D eigenvalue weighted by Crippen LogP contribution is -2.05. The number of cyclic esters (lactones) is 2. The van der Waals surface area contributed by atoms with E-state index in [1.54, 1.807) is 0 Å². The van der Waals surface area contributed by atoms with E-state index >= 15 is 0 Å². The van der Waals surface area contributed by atoms with Crippen LogP contribution in [-0.4, -0.2) is 25.2 Å². The van der Waals surface area contributed by atoms with Gasteiger partial charge in [-0.3, -0.25) is 9.59 Å². The molecular weight excluding hydrogens is 376 g/mol. The lowest BCUT2D eigenvalue weighted by molar-refractivity contribution is -0.144. The lowest BCUT2D eigenvalue weighted by atomic mass is 10.1. The summed E-state index contributed by atoms with van der Waals surface area (Å²) in [6, 6.07) is 0. The molecule has 0 saturated carbocycles. The summed E-state index contributed by atoms with van der Waals surface area (Å²) in [5, 5.41) is 0. The Morgan fingerprint density at radius 2 is 0.767 bits per heavy atom. The van der Waals surface area contributed by atoms with Crippen LogP contribution in [0, 0.1) is 0 Å². The molecule has 1 aliphatic rings. The molecule has 0 bridgehead atoms. The summed E-state index contributed by atoms with van der Waals surface area (Å²) in [6.07, 6.45) is 27.4. The Morgan fingerprint density at radius 1 is 0.433 bits per heavy atom. The first kappa shape index (κ1) is 26.5. The van der Waals surface area contributed by atoms with Crippen LogP contribution in [0.3, 0.4) is 0 Å². The molecule has 0 saturated heterocycles. The van der Waals surface area contributed by atoms with Crippen molar-refractivity contribution in [1.29, 1.82) is 0 Å². The van der Waals surface area contributed by atoms with Crippen molar-refractivity contribution in [2.75, 3.05) is 13.2 Å². The van der Waals surface area contributed by atoms with E-state index in [4.69, 9.17) is 9.47 Å². The van der Waals surface area contributed by atoms with Gasteiger partial charge in [0.15, 0.2) is 0 Å². The molecular formula is C26H44O4. The van der Waals surface area contributed by atoms with E-state index in [0.717, 1.165) is 51.4 Å². The van der Waals surface area contributed by atoms with Crippen molar-refractivity contribution in [3.05, 3.63) is 24.3 Å². The van der Waals surface area contributed by atoms with Gasteiger partial charge in [-0.05, 0) is 51.4 Å². The molecule has 30 heavy (non-hydrogen) atoms. The largest absolute Gasteiger partial charge is 0.465 e.